The predicted octanol–water partition coefficient (Wildman–Crippen LogP) is 5.58. The van der Waals surface area contributed by atoms with Crippen molar-refractivity contribution in [1.29, 1.82) is 0 Å². The molecule has 39 heavy (non-hydrogen) atoms. The molecular formula is C31H24N2O6. The van der Waals surface area contributed by atoms with Gasteiger partial charge < -0.3 is 19.3 Å². The Morgan fingerprint density at radius 1 is 0.923 bits per heavy atom. The van der Waals surface area contributed by atoms with Crippen molar-refractivity contribution in [1.82, 2.24) is 4.98 Å². The number of aliphatic hydroxyl groups is 1. The standard InChI is InChI=1S/C31H24N2O6/c1-19-4-2-6-24(16-19)39-23-10-8-22(9-11-23)33-28(21-5-3-13-32-18-21)27(30(35)31(33)36)29(34)20-7-12-25-26(17-20)38-15-14-37-25/h2-13,16-18,28,34H,14-15H2,1H3/b29-27-. The second-order valence-corrected chi connectivity index (χ2v) is 9.23. The molecule has 0 radical (unpaired) electrons. The molecule has 0 spiro atoms. The van der Waals surface area contributed by atoms with Gasteiger partial charge in [-0.2, -0.15) is 0 Å². The molecule has 8 heteroatoms. The zero-order chi connectivity index (χ0) is 26.9. The number of aromatic nitrogens is 1. The number of aryl methyl sites for hydroxylation is 1. The Hall–Kier alpha value is -5.11. The lowest BCUT2D eigenvalue weighted by Crippen LogP contribution is -2.29. The average Bonchev–Trinajstić information content (AvgIpc) is 3.23. The second-order valence-electron chi connectivity index (χ2n) is 9.23. The summed E-state index contributed by atoms with van der Waals surface area (Å²) >= 11 is 0. The molecule has 0 saturated carbocycles. The van der Waals surface area contributed by atoms with Crippen LogP contribution in [0.4, 0.5) is 5.69 Å². The molecule has 1 aromatic heterocycles. The number of hydrogen-bond donors (Lipinski definition) is 1. The van der Waals surface area contributed by atoms with Gasteiger partial charge in [-0.25, -0.2) is 0 Å². The topological polar surface area (TPSA) is 98.2 Å². The average molecular weight is 521 g/mol. The van der Waals surface area contributed by atoms with E-state index in [9.17, 15) is 14.7 Å². The Labute approximate surface area is 224 Å². The van der Waals surface area contributed by atoms with Crippen LogP contribution in [0.5, 0.6) is 23.0 Å². The van der Waals surface area contributed by atoms with E-state index in [1.54, 1.807) is 67.0 Å². The highest BCUT2D eigenvalue weighted by atomic mass is 16.6. The molecule has 3 heterocycles. The van der Waals surface area contributed by atoms with Gasteiger partial charge in [0.05, 0.1) is 11.6 Å². The molecule has 4 aromatic rings. The van der Waals surface area contributed by atoms with Crippen molar-refractivity contribution in [2.24, 2.45) is 0 Å². The van der Waals surface area contributed by atoms with Crippen molar-refractivity contribution < 1.29 is 28.9 Å². The minimum atomic E-state index is -0.893. The van der Waals surface area contributed by atoms with Gasteiger partial charge in [0.25, 0.3) is 11.7 Å². The van der Waals surface area contributed by atoms with E-state index in [0.29, 0.717) is 53.0 Å². The molecule has 1 N–H and O–H groups in total. The van der Waals surface area contributed by atoms with E-state index >= 15 is 0 Å². The maximum atomic E-state index is 13.4. The number of pyridine rings is 1. The summed E-state index contributed by atoms with van der Waals surface area (Å²) < 4.78 is 17.2. The van der Waals surface area contributed by atoms with Crippen LogP contribution in [0.25, 0.3) is 5.76 Å². The fourth-order valence-corrected chi connectivity index (χ4v) is 4.79. The first-order valence-corrected chi connectivity index (χ1v) is 12.4. The summed E-state index contributed by atoms with van der Waals surface area (Å²) in [5.74, 6) is 0.428. The Bertz CT molecular complexity index is 1600. The highest BCUT2D eigenvalue weighted by molar-refractivity contribution is 6.51. The van der Waals surface area contributed by atoms with E-state index in [1.807, 2.05) is 31.2 Å². The van der Waals surface area contributed by atoms with Crippen molar-refractivity contribution in [3.63, 3.8) is 0 Å². The van der Waals surface area contributed by atoms with Gasteiger partial charge in [-0.1, -0.05) is 18.2 Å². The zero-order valence-corrected chi connectivity index (χ0v) is 21.0. The summed E-state index contributed by atoms with van der Waals surface area (Å²) in [7, 11) is 0. The lowest BCUT2D eigenvalue weighted by Gasteiger charge is -2.25. The third-order valence-corrected chi connectivity index (χ3v) is 6.60. The van der Waals surface area contributed by atoms with Crippen LogP contribution in [-0.2, 0) is 9.59 Å². The molecule has 1 atom stereocenters. The summed E-state index contributed by atoms with van der Waals surface area (Å²) in [4.78, 5) is 32.4. The maximum absolute atomic E-state index is 13.4. The number of amides is 1. The number of anilines is 1. The molecule has 0 bridgehead atoms. The Morgan fingerprint density at radius 2 is 1.72 bits per heavy atom. The molecule has 1 amide bonds. The van der Waals surface area contributed by atoms with E-state index < -0.39 is 17.7 Å². The van der Waals surface area contributed by atoms with Gasteiger partial charge in [0.2, 0.25) is 0 Å². The van der Waals surface area contributed by atoms with E-state index in [0.717, 1.165) is 5.56 Å². The number of carbonyl (C=O) groups is 2. The van der Waals surface area contributed by atoms with Crippen molar-refractivity contribution in [2.75, 3.05) is 18.1 Å². The number of fused-ring (bicyclic) bond motifs is 1. The van der Waals surface area contributed by atoms with Crippen molar-refractivity contribution in [3.8, 4) is 23.0 Å². The fourth-order valence-electron chi connectivity index (χ4n) is 4.79. The van der Waals surface area contributed by atoms with Gasteiger partial charge >= 0.3 is 0 Å². The van der Waals surface area contributed by atoms with Gasteiger partial charge in [0.15, 0.2) is 11.5 Å². The summed E-state index contributed by atoms with van der Waals surface area (Å²) in [5, 5.41) is 11.4. The summed E-state index contributed by atoms with van der Waals surface area (Å²) in [6, 6.07) is 22.1. The number of rotatable bonds is 5. The molecule has 194 valence electrons. The Balaban J connectivity index is 1.40. The van der Waals surface area contributed by atoms with Crippen LogP contribution in [0.2, 0.25) is 0 Å². The van der Waals surface area contributed by atoms with Gasteiger partial charge in [0, 0.05) is 23.6 Å². The smallest absolute Gasteiger partial charge is 0.300 e. The minimum Gasteiger partial charge on any atom is -0.507 e. The van der Waals surface area contributed by atoms with Gasteiger partial charge in [-0.3, -0.25) is 19.5 Å². The second kappa shape index (κ2) is 9.98. The van der Waals surface area contributed by atoms with Crippen LogP contribution in [-0.4, -0.2) is 35.0 Å². The monoisotopic (exact) mass is 520 g/mol. The Morgan fingerprint density at radius 3 is 2.46 bits per heavy atom. The lowest BCUT2D eigenvalue weighted by molar-refractivity contribution is -0.132. The SMILES string of the molecule is Cc1cccc(Oc2ccc(N3C(=O)C(=O)/C(=C(\O)c4ccc5c(c4)OCCO5)C3c3cccnc3)cc2)c1. The van der Waals surface area contributed by atoms with Gasteiger partial charge in [-0.15, -0.1) is 0 Å². The fraction of sp³-hybridized carbons (Fsp3) is 0.129. The van der Waals surface area contributed by atoms with E-state index in [4.69, 9.17) is 14.2 Å². The van der Waals surface area contributed by atoms with E-state index in [2.05, 4.69) is 4.98 Å². The van der Waals surface area contributed by atoms with Crippen LogP contribution in [0, 0.1) is 6.92 Å². The minimum absolute atomic E-state index is 0.0373. The number of nitrogens with zero attached hydrogens (tertiary/aromatic N) is 2. The number of benzene rings is 3. The summed E-state index contributed by atoms with van der Waals surface area (Å²) in [5.41, 5.74) is 2.43. The molecule has 8 nitrogen and oxygen atoms in total. The molecule has 6 rings (SSSR count). The largest absolute Gasteiger partial charge is 0.507 e. The van der Waals surface area contributed by atoms with Crippen LogP contribution in [0.3, 0.4) is 0 Å². The highest BCUT2D eigenvalue weighted by Gasteiger charge is 2.47. The first-order valence-electron chi connectivity index (χ1n) is 12.4. The lowest BCUT2D eigenvalue weighted by atomic mass is 9.96. The molecule has 2 aliphatic rings. The molecule has 2 aliphatic heterocycles. The number of Topliss-reactive ketones (excluding diaryl/α,β-unsaturated/α-hetero) is 1. The molecule has 1 saturated heterocycles. The molecular weight excluding hydrogens is 496 g/mol. The molecule has 3 aromatic carbocycles. The third-order valence-electron chi connectivity index (χ3n) is 6.60. The van der Waals surface area contributed by atoms with Gasteiger partial charge in [-0.05, 0) is 78.7 Å². The van der Waals surface area contributed by atoms with Crippen LogP contribution in [0.15, 0.2) is 96.8 Å². The van der Waals surface area contributed by atoms with Gasteiger partial charge in [0.1, 0.15) is 30.5 Å². The summed E-state index contributed by atoms with van der Waals surface area (Å²) in [6.45, 7) is 2.79. The predicted molar refractivity (Wildman–Crippen MR) is 144 cm³/mol. The number of carbonyl (C=O) groups excluding carboxylic acids is 2. The molecule has 1 unspecified atom stereocenters. The molecule has 0 aliphatic carbocycles. The normalized spacial score (nSPS) is 17.8. The van der Waals surface area contributed by atoms with Crippen molar-refractivity contribution in [3.05, 3.63) is 114 Å². The van der Waals surface area contributed by atoms with Crippen LogP contribution >= 0.6 is 0 Å². The zero-order valence-electron chi connectivity index (χ0n) is 21.0. The highest BCUT2D eigenvalue weighted by Crippen LogP contribution is 2.43. The first kappa shape index (κ1) is 24.2. The number of hydrogen-bond acceptors (Lipinski definition) is 7. The maximum Gasteiger partial charge on any atom is 0.300 e. The number of aliphatic hydroxyl groups excluding tert-OH is 1. The quantitative estimate of drug-likeness (QED) is 0.208. The van der Waals surface area contributed by atoms with Crippen molar-refractivity contribution >= 4 is 23.1 Å². The van der Waals surface area contributed by atoms with Crippen molar-refractivity contribution in [2.45, 2.75) is 13.0 Å². The Kier molecular flexibility index (Phi) is 6.20. The number of ketones is 1. The van der Waals surface area contributed by atoms with Crippen LogP contribution in [0.1, 0.15) is 22.7 Å². The summed E-state index contributed by atoms with van der Waals surface area (Å²) in [6.07, 6.45) is 3.18. The van der Waals surface area contributed by atoms with E-state index in [1.165, 1.54) is 4.90 Å². The third kappa shape index (κ3) is 4.57. The first-order chi connectivity index (χ1) is 19.0. The molecule has 1 fully saturated rings. The van der Waals surface area contributed by atoms with E-state index in [-0.39, 0.29) is 11.3 Å². The van der Waals surface area contributed by atoms with Crippen LogP contribution < -0.4 is 19.1 Å². The number of ether oxygens (including phenoxy) is 3.